The second kappa shape index (κ2) is 4.24. The molecule has 1 rings (SSSR count). The SMILES string of the molecule is CCCNc1ccccc1Cl. The van der Waals surface area contributed by atoms with Crippen LogP contribution in [0.25, 0.3) is 0 Å². The normalized spacial score (nSPS) is 9.64. The highest BCUT2D eigenvalue weighted by atomic mass is 35.5. The molecule has 1 aromatic carbocycles. The second-order valence-electron chi connectivity index (χ2n) is 2.41. The first kappa shape index (κ1) is 8.41. The lowest BCUT2D eigenvalue weighted by molar-refractivity contribution is 0.980. The fourth-order valence-electron chi connectivity index (χ4n) is 0.864. The van der Waals surface area contributed by atoms with Crippen molar-refractivity contribution in [1.29, 1.82) is 0 Å². The number of anilines is 1. The molecule has 0 saturated heterocycles. The first-order chi connectivity index (χ1) is 5.34. The molecule has 1 aromatic rings. The molecular weight excluding hydrogens is 158 g/mol. The van der Waals surface area contributed by atoms with Crippen LogP contribution in [0.1, 0.15) is 13.3 Å². The number of hydrogen-bond donors (Lipinski definition) is 1. The second-order valence-corrected chi connectivity index (χ2v) is 2.81. The average molecular weight is 170 g/mol. The molecule has 0 heterocycles. The van der Waals surface area contributed by atoms with Crippen LogP contribution in [-0.4, -0.2) is 6.54 Å². The molecule has 1 nitrogen and oxygen atoms in total. The summed E-state index contributed by atoms with van der Waals surface area (Å²) in [4.78, 5) is 0. The van der Waals surface area contributed by atoms with Gasteiger partial charge in [-0.3, -0.25) is 0 Å². The summed E-state index contributed by atoms with van der Waals surface area (Å²) in [5.74, 6) is 0. The third kappa shape index (κ3) is 2.43. The molecule has 2 heteroatoms. The van der Waals surface area contributed by atoms with Crippen molar-refractivity contribution in [3.8, 4) is 0 Å². The van der Waals surface area contributed by atoms with E-state index in [0.29, 0.717) is 0 Å². The van der Waals surface area contributed by atoms with Crippen molar-refractivity contribution in [2.24, 2.45) is 0 Å². The standard InChI is InChI=1S/C9H12ClN/c1-2-7-11-9-6-4-3-5-8(9)10/h3-6,11H,2,7H2,1H3. The summed E-state index contributed by atoms with van der Waals surface area (Å²) in [6, 6.07) is 7.78. The maximum Gasteiger partial charge on any atom is 0.0637 e. The molecule has 0 aliphatic heterocycles. The van der Waals surface area contributed by atoms with E-state index in [1.54, 1.807) is 0 Å². The van der Waals surface area contributed by atoms with E-state index in [1.165, 1.54) is 0 Å². The molecule has 0 aromatic heterocycles. The van der Waals surface area contributed by atoms with E-state index in [4.69, 9.17) is 11.6 Å². The molecule has 0 aliphatic carbocycles. The molecule has 0 saturated carbocycles. The van der Waals surface area contributed by atoms with E-state index in [0.717, 1.165) is 23.7 Å². The van der Waals surface area contributed by atoms with Crippen molar-refractivity contribution in [2.45, 2.75) is 13.3 Å². The quantitative estimate of drug-likeness (QED) is 0.733. The molecule has 0 unspecified atom stereocenters. The van der Waals surface area contributed by atoms with Gasteiger partial charge in [-0.05, 0) is 18.6 Å². The van der Waals surface area contributed by atoms with Crippen molar-refractivity contribution >= 4 is 17.3 Å². The Bertz CT molecular complexity index is 223. The van der Waals surface area contributed by atoms with Crippen LogP contribution in [-0.2, 0) is 0 Å². The van der Waals surface area contributed by atoms with Gasteiger partial charge in [-0.1, -0.05) is 30.7 Å². The predicted octanol–water partition coefficient (Wildman–Crippen LogP) is 3.16. The Morgan fingerprint density at radius 2 is 2.09 bits per heavy atom. The minimum absolute atomic E-state index is 0.793. The Labute approximate surface area is 72.4 Å². The molecular formula is C9H12ClN. The summed E-state index contributed by atoms with van der Waals surface area (Å²) in [6.07, 6.45) is 1.12. The van der Waals surface area contributed by atoms with Gasteiger partial charge in [0.15, 0.2) is 0 Å². The predicted molar refractivity (Wildman–Crippen MR) is 50.2 cm³/mol. The van der Waals surface area contributed by atoms with Gasteiger partial charge in [-0.2, -0.15) is 0 Å². The van der Waals surface area contributed by atoms with E-state index in [-0.39, 0.29) is 0 Å². The van der Waals surface area contributed by atoms with Crippen LogP contribution in [0.2, 0.25) is 5.02 Å². The molecule has 0 aliphatic rings. The fraction of sp³-hybridized carbons (Fsp3) is 0.333. The maximum atomic E-state index is 5.90. The number of benzene rings is 1. The van der Waals surface area contributed by atoms with Gasteiger partial charge in [-0.15, -0.1) is 0 Å². The lowest BCUT2D eigenvalue weighted by Crippen LogP contribution is -1.99. The van der Waals surface area contributed by atoms with Crippen molar-refractivity contribution < 1.29 is 0 Å². The summed E-state index contributed by atoms with van der Waals surface area (Å²) in [7, 11) is 0. The van der Waals surface area contributed by atoms with Gasteiger partial charge in [0.2, 0.25) is 0 Å². The Morgan fingerprint density at radius 1 is 1.36 bits per heavy atom. The van der Waals surface area contributed by atoms with E-state index in [2.05, 4.69) is 12.2 Å². The number of nitrogens with one attached hydrogen (secondary N) is 1. The van der Waals surface area contributed by atoms with Crippen LogP contribution in [0.5, 0.6) is 0 Å². The third-order valence-electron chi connectivity index (χ3n) is 1.44. The smallest absolute Gasteiger partial charge is 0.0637 e. The van der Waals surface area contributed by atoms with Crippen molar-refractivity contribution in [2.75, 3.05) is 11.9 Å². The lowest BCUT2D eigenvalue weighted by Gasteiger charge is -2.05. The minimum atomic E-state index is 0.793. The zero-order valence-electron chi connectivity index (χ0n) is 6.60. The van der Waals surface area contributed by atoms with Crippen molar-refractivity contribution in [3.05, 3.63) is 29.3 Å². The van der Waals surface area contributed by atoms with Gasteiger partial charge < -0.3 is 5.32 Å². The molecule has 0 spiro atoms. The molecule has 0 atom stereocenters. The third-order valence-corrected chi connectivity index (χ3v) is 1.77. The average Bonchev–Trinajstić information content (AvgIpc) is 2.03. The highest BCUT2D eigenvalue weighted by Crippen LogP contribution is 2.19. The monoisotopic (exact) mass is 169 g/mol. The molecule has 11 heavy (non-hydrogen) atoms. The Morgan fingerprint density at radius 3 is 2.73 bits per heavy atom. The number of rotatable bonds is 3. The first-order valence-electron chi connectivity index (χ1n) is 3.83. The number of halogens is 1. The minimum Gasteiger partial charge on any atom is -0.384 e. The molecule has 1 N–H and O–H groups in total. The zero-order valence-corrected chi connectivity index (χ0v) is 7.36. The van der Waals surface area contributed by atoms with Crippen LogP contribution in [0.15, 0.2) is 24.3 Å². The van der Waals surface area contributed by atoms with Gasteiger partial charge in [0.05, 0.1) is 10.7 Å². The number of hydrogen-bond acceptors (Lipinski definition) is 1. The Hall–Kier alpha value is -0.690. The van der Waals surface area contributed by atoms with Crippen molar-refractivity contribution in [1.82, 2.24) is 0 Å². The molecule has 0 radical (unpaired) electrons. The maximum absolute atomic E-state index is 5.90. The topological polar surface area (TPSA) is 12.0 Å². The van der Waals surface area contributed by atoms with Crippen LogP contribution in [0.4, 0.5) is 5.69 Å². The van der Waals surface area contributed by atoms with Crippen LogP contribution < -0.4 is 5.32 Å². The Balaban J connectivity index is 2.62. The van der Waals surface area contributed by atoms with Gasteiger partial charge in [0.25, 0.3) is 0 Å². The van der Waals surface area contributed by atoms with Crippen molar-refractivity contribution in [3.63, 3.8) is 0 Å². The Kier molecular flexibility index (Phi) is 3.24. The van der Waals surface area contributed by atoms with Crippen LogP contribution >= 0.6 is 11.6 Å². The summed E-state index contributed by atoms with van der Waals surface area (Å²) in [5.41, 5.74) is 1.02. The first-order valence-corrected chi connectivity index (χ1v) is 4.20. The summed E-state index contributed by atoms with van der Waals surface area (Å²) in [6.45, 7) is 3.10. The number of para-hydroxylation sites is 1. The molecule has 0 bridgehead atoms. The molecule has 0 fully saturated rings. The van der Waals surface area contributed by atoms with Crippen LogP contribution in [0.3, 0.4) is 0 Å². The van der Waals surface area contributed by atoms with Crippen LogP contribution in [0, 0.1) is 0 Å². The van der Waals surface area contributed by atoms with Gasteiger partial charge in [-0.25, -0.2) is 0 Å². The molecule has 60 valence electrons. The highest BCUT2D eigenvalue weighted by Gasteiger charge is 1.94. The van der Waals surface area contributed by atoms with Gasteiger partial charge in [0.1, 0.15) is 0 Å². The van der Waals surface area contributed by atoms with Gasteiger partial charge >= 0.3 is 0 Å². The van der Waals surface area contributed by atoms with E-state index in [9.17, 15) is 0 Å². The highest BCUT2D eigenvalue weighted by molar-refractivity contribution is 6.33. The summed E-state index contributed by atoms with van der Waals surface area (Å²) < 4.78 is 0. The van der Waals surface area contributed by atoms with E-state index < -0.39 is 0 Å². The fourth-order valence-corrected chi connectivity index (χ4v) is 1.07. The van der Waals surface area contributed by atoms with E-state index in [1.807, 2.05) is 24.3 Å². The largest absolute Gasteiger partial charge is 0.384 e. The zero-order chi connectivity index (χ0) is 8.10. The molecule has 0 amide bonds. The van der Waals surface area contributed by atoms with Gasteiger partial charge in [0, 0.05) is 6.54 Å². The summed E-state index contributed by atoms with van der Waals surface area (Å²) >= 11 is 5.90. The summed E-state index contributed by atoms with van der Waals surface area (Å²) in [5, 5.41) is 4.02. The lowest BCUT2D eigenvalue weighted by atomic mass is 10.3. The van der Waals surface area contributed by atoms with E-state index >= 15 is 0 Å².